The smallest absolute Gasteiger partial charge is 0.508 e. The number of carbonyl (C=O) groups is 2. The fourth-order valence-electron chi connectivity index (χ4n) is 8.13. The molecule has 4 N–H and O–H groups in total. The van der Waals surface area contributed by atoms with Crippen molar-refractivity contribution in [2.24, 2.45) is 11.8 Å². The highest BCUT2D eigenvalue weighted by Crippen LogP contribution is 2.59. The molecule has 1 aliphatic heterocycles. The second-order valence-corrected chi connectivity index (χ2v) is 21.6. The van der Waals surface area contributed by atoms with Crippen molar-refractivity contribution in [3.63, 3.8) is 0 Å². The number of Topliss-reactive ketones (excluding diaryl/α,β-unsaturated/α-hetero) is 2. The molecule has 304 valence electrons. The first-order valence-corrected chi connectivity index (χ1v) is 21.7. The van der Waals surface area contributed by atoms with Crippen LogP contribution in [0.25, 0.3) is 0 Å². The van der Waals surface area contributed by atoms with Gasteiger partial charge in [-0.2, -0.15) is 0 Å². The monoisotopic (exact) mass is 807 g/mol. The largest absolute Gasteiger partial charge is 0.573 e. The molecule has 0 bridgehead atoms. The van der Waals surface area contributed by atoms with Crippen LogP contribution in [-0.2, 0) is 38.4 Å². The van der Waals surface area contributed by atoms with E-state index in [1.807, 2.05) is 70.3 Å². The zero-order valence-corrected chi connectivity index (χ0v) is 34.0. The van der Waals surface area contributed by atoms with E-state index in [0.29, 0.717) is 0 Å². The van der Waals surface area contributed by atoms with Crippen LogP contribution in [0.4, 0.5) is 18.9 Å². The molecule has 4 aliphatic rings. The van der Waals surface area contributed by atoms with E-state index in [1.165, 1.54) is 0 Å². The number of benzene rings is 3. The molecular formula is C42H48F3N3O8Si. The number of hydrogen-bond donors (Lipinski definition) is 3. The number of aliphatic hydroxyl groups is 1. The molecule has 3 aromatic rings. The van der Waals surface area contributed by atoms with Crippen LogP contribution in [0.2, 0.25) is 18.1 Å². The Morgan fingerprint density at radius 3 is 2.18 bits per heavy atom. The molecular weight excluding hydrogens is 760 g/mol. The number of carbonyl (C=O) groups excluding carboxylic acids is 2. The molecule has 0 saturated carbocycles. The first-order valence-electron chi connectivity index (χ1n) is 18.8. The molecule has 0 aromatic heterocycles. The van der Waals surface area contributed by atoms with Crippen molar-refractivity contribution in [1.82, 2.24) is 10.4 Å². The summed E-state index contributed by atoms with van der Waals surface area (Å²) in [7, 11) is 0.446. The van der Waals surface area contributed by atoms with Gasteiger partial charge in [-0.15, -0.1) is 18.7 Å². The van der Waals surface area contributed by atoms with Crippen LogP contribution in [0.5, 0.6) is 11.5 Å². The summed E-state index contributed by atoms with van der Waals surface area (Å²) in [5, 5.41) is 12.4. The number of rotatable bonds is 10. The highest BCUT2D eigenvalue weighted by Gasteiger charge is 2.68. The van der Waals surface area contributed by atoms with Gasteiger partial charge in [0.15, 0.2) is 25.5 Å². The van der Waals surface area contributed by atoms with Gasteiger partial charge < -0.3 is 34.3 Å². The van der Waals surface area contributed by atoms with Crippen molar-refractivity contribution in [2.45, 2.75) is 89.2 Å². The number of allylic oxidation sites excluding steroid dienone is 2. The lowest BCUT2D eigenvalue weighted by Gasteiger charge is -2.53. The third-order valence-corrected chi connectivity index (χ3v) is 16.4. The minimum atomic E-state index is -5.10. The molecule has 0 spiro atoms. The summed E-state index contributed by atoms with van der Waals surface area (Å²) in [6.45, 7) is 9.91. The Balaban J connectivity index is 1.40. The highest BCUT2D eigenvalue weighted by molar-refractivity contribution is 6.74. The third kappa shape index (κ3) is 6.92. The van der Waals surface area contributed by atoms with Crippen molar-refractivity contribution in [2.75, 3.05) is 19.8 Å². The number of ketones is 2. The van der Waals surface area contributed by atoms with Gasteiger partial charge in [0.25, 0.3) is 0 Å². The number of alkyl halides is 3. The number of nitrogen functional groups attached to an aromatic ring is 1. The van der Waals surface area contributed by atoms with E-state index in [2.05, 4.69) is 10.2 Å². The number of fused-ring (bicyclic) bond motifs is 3. The van der Waals surface area contributed by atoms with Gasteiger partial charge in [0, 0.05) is 29.5 Å². The third-order valence-electron chi connectivity index (χ3n) is 12.0. The Kier molecular flexibility index (Phi) is 10.2. The maximum absolute atomic E-state index is 15.6. The fraction of sp³-hybridized carbons (Fsp3) is 0.429. The van der Waals surface area contributed by atoms with Gasteiger partial charge in [-0.3, -0.25) is 14.5 Å². The summed E-state index contributed by atoms with van der Waals surface area (Å²) in [4.78, 5) is 38.4. The number of ether oxygens (including phenoxy) is 3. The van der Waals surface area contributed by atoms with Crippen molar-refractivity contribution < 1.29 is 51.3 Å². The normalized spacial score (nSPS) is 24.8. The molecule has 0 radical (unpaired) electrons. The lowest BCUT2D eigenvalue weighted by molar-refractivity contribution is -0.275. The summed E-state index contributed by atoms with van der Waals surface area (Å²) in [6.07, 6.45) is -5.08. The van der Waals surface area contributed by atoms with Crippen LogP contribution < -0.4 is 20.7 Å². The van der Waals surface area contributed by atoms with E-state index < -0.39 is 66.1 Å². The lowest BCUT2D eigenvalue weighted by atomic mass is 9.60. The van der Waals surface area contributed by atoms with Gasteiger partial charge >= 0.3 is 6.36 Å². The molecule has 0 saturated heterocycles. The first kappa shape index (κ1) is 40.5. The maximum atomic E-state index is 15.6. The van der Waals surface area contributed by atoms with Crippen LogP contribution in [0.15, 0.2) is 89.4 Å². The number of nitrogens with two attached hydrogens (primary N) is 1. The highest BCUT2D eigenvalue weighted by atomic mass is 28.4. The molecule has 57 heavy (non-hydrogen) atoms. The quantitative estimate of drug-likeness (QED) is 0.105. The minimum Gasteiger partial charge on any atom is -0.508 e. The molecule has 15 heteroatoms. The van der Waals surface area contributed by atoms with Gasteiger partial charge in [0.1, 0.15) is 29.4 Å². The van der Waals surface area contributed by atoms with Crippen LogP contribution in [0, 0.1) is 11.8 Å². The molecule has 4 atom stereocenters. The molecule has 11 nitrogen and oxygen atoms in total. The summed E-state index contributed by atoms with van der Waals surface area (Å²) < 4.78 is 65.8. The molecule has 7 rings (SSSR count). The molecule has 3 aromatic carbocycles. The number of likely N-dealkylation sites (N-methyl/N-ethyl adjacent to an activating group) is 1. The second-order valence-electron chi connectivity index (χ2n) is 16.8. The Bertz CT molecular complexity index is 2150. The maximum Gasteiger partial charge on any atom is 0.573 e. The number of nitrogens with one attached hydrogen (secondary N) is 1. The second kappa shape index (κ2) is 14.3. The number of hydroxylamine groups is 1. The van der Waals surface area contributed by atoms with Crippen molar-refractivity contribution >= 4 is 25.6 Å². The van der Waals surface area contributed by atoms with E-state index in [-0.39, 0.29) is 71.9 Å². The average molecular weight is 808 g/mol. The van der Waals surface area contributed by atoms with E-state index >= 15 is 9.59 Å². The standard InChI is InChI=1S/C42H48F3N3O8Si/c1-39(2,3)57(6,7)56-40-27(20-31-34(38(40)51)41(47-55-31,48(4)5)53-23-25-16-12-9-13-17-25)18-26-19-28-30(54-42(43,44)45)21-29(46)36(33(28)35(49)32(26)37(40)50)52-22-24-14-10-8-11-15-24/h8-17,21,26-27,47,50H,18-20,22-23,46H2,1-7H3/t26-,27+,40+,41?/m1/s1. The minimum absolute atomic E-state index is 0.0583. The SMILES string of the molecule is CN(C)C1(OCc2ccccc2)NOC2=C1C(=O)[C@@]1(O[Si](C)(C)C(C)(C)C)C(O)=C3C(=O)c4c(c(OC(F)(F)F)cc(N)c4OCc4ccccc4)C[C@H]3C[C@H]1C2. The average Bonchev–Trinajstić information content (AvgIpc) is 3.51. The predicted molar refractivity (Wildman–Crippen MR) is 207 cm³/mol. The van der Waals surface area contributed by atoms with Gasteiger partial charge in [-0.25, -0.2) is 0 Å². The predicted octanol–water partition coefficient (Wildman–Crippen LogP) is 7.89. The molecule has 0 fully saturated rings. The fourth-order valence-corrected chi connectivity index (χ4v) is 9.60. The number of nitrogens with zero attached hydrogens (tertiary/aromatic N) is 1. The van der Waals surface area contributed by atoms with Crippen LogP contribution in [0.3, 0.4) is 0 Å². The zero-order chi connectivity index (χ0) is 41.3. The number of anilines is 1. The van der Waals surface area contributed by atoms with Gasteiger partial charge in [-0.05, 0) is 62.1 Å². The van der Waals surface area contributed by atoms with Crippen molar-refractivity contribution in [3.05, 3.63) is 112 Å². The molecule has 3 aliphatic carbocycles. The van der Waals surface area contributed by atoms with E-state index in [1.54, 1.807) is 43.3 Å². The van der Waals surface area contributed by atoms with Crippen LogP contribution >= 0.6 is 0 Å². The van der Waals surface area contributed by atoms with Gasteiger partial charge in [-0.1, -0.05) is 81.4 Å². The van der Waals surface area contributed by atoms with Gasteiger partial charge in [0.2, 0.25) is 11.6 Å². The van der Waals surface area contributed by atoms with Crippen LogP contribution in [-0.4, -0.2) is 61.8 Å². The Morgan fingerprint density at radius 2 is 1.60 bits per heavy atom. The molecule has 1 unspecified atom stereocenters. The van der Waals surface area contributed by atoms with E-state index in [0.717, 1.165) is 17.2 Å². The summed E-state index contributed by atoms with van der Waals surface area (Å²) in [6, 6.07) is 19.4. The van der Waals surface area contributed by atoms with E-state index in [4.69, 9.17) is 24.5 Å². The first-order chi connectivity index (χ1) is 26.7. The lowest BCUT2D eigenvalue weighted by Crippen LogP contribution is -2.66. The Labute approximate surface area is 330 Å². The zero-order valence-electron chi connectivity index (χ0n) is 33.0. The van der Waals surface area contributed by atoms with Crippen LogP contribution in [0.1, 0.15) is 60.7 Å². The topological polar surface area (TPSA) is 142 Å². The molecule has 0 amide bonds. The van der Waals surface area contributed by atoms with Crippen molar-refractivity contribution in [1.29, 1.82) is 0 Å². The number of halogens is 3. The Morgan fingerprint density at radius 1 is 0.982 bits per heavy atom. The summed E-state index contributed by atoms with van der Waals surface area (Å²) >= 11 is 0. The summed E-state index contributed by atoms with van der Waals surface area (Å²) in [5.41, 5.74) is 8.11. The Hall–Kier alpha value is -4.67. The number of hydrogen-bond acceptors (Lipinski definition) is 11. The van der Waals surface area contributed by atoms with Crippen molar-refractivity contribution in [3.8, 4) is 11.5 Å². The number of aliphatic hydroxyl groups excluding tert-OH is 1. The van der Waals surface area contributed by atoms with E-state index in [9.17, 15) is 18.3 Å². The van der Waals surface area contributed by atoms with Gasteiger partial charge in [0.05, 0.1) is 17.9 Å². The summed E-state index contributed by atoms with van der Waals surface area (Å²) in [5.74, 6) is -5.80. The molecule has 1 heterocycles.